The van der Waals surface area contributed by atoms with Crippen LogP contribution >= 0.6 is 0 Å². The summed E-state index contributed by atoms with van der Waals surface area (Å²) >= 11 is 0. The summed E-state index contributed by atoms with van der Waals surface area (Å²) < 4.78 is 0. The topological polar surface area (TPSA) is 0 Å². The first-order valence-electron chi connectivity index (χ1n) is 4.01. The van der Waals surface area contributed by atoms with Crippen molar-refractivity contribution in [3.05, 3.63) is 60.8 Å². The van der Waals surface area contributed by atoms with E-state index < -0.39 is 0 Å². The molecule has 0 aromatic heterocycles. The molecule has 0 amide bonds. The molecule has 0 aliphatic rings. The van der Waals surface area contributed by atoms with Crippen molar-refractivity contribution in [3.63, 3.8) is 0 Å². The van der Waals surface area contributed by atoms with E-state index in [2.05, 4.69) is 20.1 Å². The molecule has 0 rings (SSSR count). The van der Waals surface area contributed by atoms with Gasteiger partial charge in [0.1, 0.15) is 0 Å². The maximum atomic E-state index is 3.73. The van der Waals surface area contributed by atoms with E-state index in [1.165, 1.54) is 11.1 Å². The van der Waals surface area contributed by atoms with E-state index in [0.717, 1.165) is 0 Å². The Hall–Kier alpha value is -1.30. The molecular weight excluding hydrogens is 144 g/mol. The Labute approximate surface area is 75.3 Å². The zero-order valence-electron chi connectivity index (χ0n) is 7.88. The highest BCUT2D eigenvalue weighted by molar-refractivity contribution is 5.38. The molecule has 64 valence electrons. The van der Waals surface area contributed by atoms with Gasteiger partial charge in [-0.05, 0) is 25.0 Å². The standard InChI is InChI=1S/C12H16/c1-5-8-9-10-11(4)12(6-2)7-3/h5-10H,1-2H2,3-4H3/b9-8-,11-10+,12-7+. The molecule has 0 N–H and O–H groups in total. The van der Waals surface area contributed by atoms with E-state index in [1.807, 2.05) is 37.3 Å². The molecule has 0 nitrogen and oxygen atoms in total. The molecule has 0 spiro atoms. The summed E-state index contributed by atoms with van der Waals surface area (Å²) in [7, 11) is 0. The summed E-state index contributed by atoms with van der Waals surface area (Å²) in [6, 6.07) is 0. The highest BCUT2D eigenvalue weighted by atomic mass is 13.9. The van der Waals surface area contributed by atoms with Gasteiger partial charge in [-0.1, -0.05) is 49.6 Å². The fraction of sp³-hybridized carbons (Fsp3) is 0.167. The maximum Gasteiger partial charge on any atom is -0.0276 e. The third kappa shape index (κ3) is 3.77. The second-order valence-corrected chi connectivity index (χ2v) is 2.42. The molecule has 0 fully saturated rings. The highest BCUT2D eigenvalue weighted by Crippen LogP contribution is 2.09. The molecule has 0 heteroatoms. The van der Waals surface area contributed by atoms with Crippen LogP contribution in [-0.4, -0.2) is 0 Å². The molecule has 0 aromatic rings. The van der Waals surface area contributed by atoms with E-state index in [4.69, 9.17) is 0 Å². The van der Waals surface area contributed by atoms with Crippen LogP contribution < -0.4 is 0 Å². The van der Waals surface area contributed by atoms with E-state index in [1.54, 1.807) is 6.08 Å². The fourth-order valence-corrected chi connectivity index (χ4v) is 0.881. The predicted molar refractivity (Wildman–Crippen MR) is 57.0 cm³/mol. The van der Waals surface area contributed by atoms with Crippen LogP contribution in [-0.2, 0) is 0 Å². The second-order valence-electron chi connectivity index (χ2n) is 2.42. The van der Waals surface area contributed by atoms with Crippen LogP contribution in [0.4, 0.5) is 0 Å². The van der Waals surface area contributed by atoms with Crippen molar-refractivity contribution >= 4 is 0 Å². The second kappa shape index (κ2) is 6.41. The van der Waals surface area contributed by atoms with E-state index in [-0.39, 0.29) is 0 Å². The largest absolute Gasteiger partial charge is 0.0991 e. The van der Waals surface area contributed by atoms with E-state index in [9.17, 15) is 0 Å². The molecule has 0 bridgehead atoms. The van der Waals surface area contributed by atoms with Crippen LogP contribution in [0, 0.1) is 0 Å². The van der Waals surface area contributed by atoms with Gasteiger partial charge in [-0.3, -0.25) is 0 Å². The van der Waals surface area contributed by atoms with Crippen molar-refractivity contribution in [1.82, 2.24) is 0 Å². The summed E-state index contributed by atoms with van der Waals surface area (Å²) in [5.74, 6) is 0. The molecule has 0 aromatic carbocycles. The van der Waals surface area contributed by atoms with Crippen LogP contribution in [0.5, 0.6) is 0 Å². The normalized spacial score (nSPS) is 13.5. The molecule has 0 aliphatic carbocycles. The lowest BCUT2D eigenvalue weighted by Gasteiger charge is -1.98. The van der Waals surface area contributed by atoms with Crippen molar-refractivity contribution < 1.29 is 0 Å². The van der Waals surface area contributed by atoms with Crippen LogP contribution in [0.15, 0.2) is 60.8 Å². The first kappa shape index (κ1) is 10.7. The summed E-state index contributed by atoms with van der Waals surface area (Å²) in [5.41, 5.74) is 2.38. The van der Waals surface area contributed by atoms with Gasteiger partial charge in [-0.15, -0.1) is 0 Å². The quantitative estimate of drug-likeness (QED) is 0.549. The van der Waals surface area contributed by atoms with Gasteiger partial charge < -0.3 is 0 Å². The summed E-state index contributed by atoms with van der Waals surface area (Å²) in [5, 5.41) is 0. The Morgan fingerprint density at radius 2 is 1.83 bits per heavy atom. The smallest absolute Gasteiger partial charge is 0.0276 e. The summed E-state index contributed by atoms with van der Waals surface area (Å²) in [6.45, 7) is 11.4. The van der Waals surface area contributed by atoms with Gasteiger partial charge >= 0.3 is 0 Å². The van der Waals surface area contributed by atoms with E-state index >= 15 is 0 Å². The minimum Gasteiger partial charge on any atom is -0.0991 e. The van der Waals surface area contributed by atoms with Crippen molar-refractivity contribution in [2.24, 2.45) is 0 Å². The average molecular weight is 160 g/mol. The monoisotopic (exact) mass is 160 g/mol. The Morgan fingerprint density at radius 3 is 2.25 bits per heavy atom. The SMILES string of the molecule is C=C\C=C/C=C(C)/C(C=C)=C/C. The Morgan fingerprint density at radius 1 is 1.17 bits per heavy atom. The molecule has 0 atom stereocenters. The molecule has 12 heavy (non-hydrogen) atoms. The number of hydrogen-bond donors (Lipinski definition) is 0. The number of rotatable bonds is 4. The lowest BCUT2D eigenvalue weighted by Crippen LogP contribution is -1.77. The first-order chi connectivity index (χ1) is 5.76. The van der Waals surface area contributed by atoms with Gasteiger partial charge in [-0.2, -0.15) is 0 Å². The fourth-order valence-electron chi connectivity index (χ4n) is 0.881. The third-order valence-corrected chi connectivity index (χ3v) is 1.58. The van der Waals surface area contributed by atoms with Crippen molar-refractivity contribution in [2.75, 3.05) is 0 Å². The van der Waals surface area contributed by atoms with Gasteiger partial charge in [-0.25, -0.2) is 0 Å². The zero-order chi connectivity index (χ0) is 9.40. The highest BCUT2D eigenvalue weighted by Gasteiger charge is 1.89. The molecule has 0 unspecified atom stereocenters. The van der Waals surface area contributed by atoms with Gasteiger partial charge in [0, 0.05) is 0 Å². The summed E-state index contributed by atoms with van der Waals surface area (Å²) in [6.07, 6.45) is 11.6. The third-order valence-electron chi connectivity index (χ3n) is 1.58. The Bertz CT molecular complexity index is 237. The molecular formula is C12H16. The van der Waals surface area contributed by atoms with Crippen LogP contribution in [0.1, 0.15) is 13.8 Å². The van der Waals surface area contributed by atoms with E-state index in [0.29, 0.717) is 0 Å². The average Bonchev–Trinajstić information content (AvgIpc) is 2.07. The van der Waals surface area contributed by atoms with Gasteiger partial charge in [0.05, 0.1) is 0 Å². The van der Waals surface area contributed by atoms with Crippen molar-refractivity contribution in [1.29, 1.82) is 0 Å². The lowest BCUT2D eigenvalue weighted by molar-refractivity contribution is 1.41. The van der Waals surface area contributed by atoms with Gasteiger partial charge in [0.2, 0.25) is 0 Å². The van der Waals surface area contributed by atoms with Crippen LogP contribution in [0.3, 0.4) is 0 Å². The van der Waals surface area contributed by atoms with Crippen LogP contribution in [0.25, 0.3) is 0 Å². The minimum absolute atomic E-state index is 1.17. The van der Waals surface area contributed by atoms with Crippen LogP contribution in [0.2, 0.25) is 0 Å². The first-order valence-corrected chi connectivity index (χ1v) is 4.01. The minimum atomic E-state index is 1.17. The molecule has 0 saturated carbocycles. The zero-order valence-corrected chi connectivity index (χ0v) is 7.88. The number of allylic oxidation sites excluding steroid dienone is 8. The molecule has 0 aliphatic heterocycles. The predicted octanol–water partition coefficient (Wildman–Crippen LogP) is 3.81. The van der Waals surface area contributed by atoms with Gasteiger partial charge in [0.15, 0.2) is 0 Å². The lowest BCUT2D eigenvalue weighted by atomic mass is 10.1. The van der Waals surface area contributed by atoms with Crippen molar-refractivity contribution in [3.8, 4) is 0 Å². The Balaban J connectivity index is 4.45. The number of hydrogen-bond acceptors (Lipinski definition) is 0. The van der Waals surface area contributed by atoms with Crippen molar-refractivity contribution in [2.45, 2.75) is 13.8 Å². The Kier molecular flexibility index (Phi) is 5.72. The molecule has 0 saturated heterocycles. The molecule has 0 radical (unpaired) electrons. The van der Waals surface area contributed by atoms with Gasteiger partial charge in [0.25, 0.3) is 0 Å². The molecule has 0 heterocycles. The maximum absolute atomic E-state index is 3.73. The summed E-state index contributed by atoms with van der Waals surface area (Å²) in [4.78, 5) is 0.